The number of fused-ring (bicyclic) bond motifs is 4. The molecular formula is C40H47N5O9S. The van der Waals surface area contributed by atoms with Crippen LogP contribution in [0.15, 0.2) is 53.9 Å². The number of nitrogens with one attached hydrogen (secondary N) is 4. The van der Waals surface area contributed by atoms with Crippen molar-refractivity contribution >= 4 is 44.7 Å². The summed E-state index contributed by atoms with van der Waals surface area (Å²) in [6, 6.07) is 5.05. The van der Waals surface area contributed by atoms with Gasteiger partial charge in [0.2, 0.25) is 21.8 Å². The molecule has 0 spiro atoms. The van der Waals surface area contributed by atoms with Crippen molar-refractivity contribution in [2.45, 2.75) is 118 Å². The molecule has 1 aromatic heterocycles. The van der Waals surface area contributed by atoms with E-state index < -0.39 is 74.3 Å². The van der Waals surface area contributed by atoms with Gasteiger partial charge in [-0.2, -0.15) is 0 Å². The van der Waals surface area contributed by atoms with Crippen molar-refractivity contribution in [3.05, 3.63) is 64.9 Å². The Hall–Kier alpha value is -4.66. The second-order valence-electron chi connectivity index (χ2n) is 16.9. The molecule has 5 atom stereocenters. The summed E-state index contributed by atoms with van der Waals surface area (Å²) in [6.45, 7) is 3.75. The highest BCUT2D eigenvalue weighted by molar-refractivity contribution is 7.91. The lowest BCUT2D eigenvalue weighted by Crippen LogP contribution is -2.59. The molecular weight excluding hydrogens is 727 g/mol. The van der Waals surface area contributed by atoms with Crippen molar-refractivity contribution in [3.8, 4) is 5.88 Å². The fourth-order valence-corrected chi connectivity index (χ4v) is 10.9. The lowest BCUT2D eigenvalue weighted by molar-refractivity contribution is -0.142. The molecule has 1 saturated heterocycles. The van der Waals surface area contributed by atoms with Gasteiger partial charge < -0.3 is 30.0 Å². The van der Waals surface area contributed by atoms with Crippen LogP contribution in [-0.4, -0.2) is 83.2 Å². The summed E-state index contributed by atoms with van der Waals surface area (Å²) in [6.07, 6.45) is 11.8. The van der Waals surface area contributed by atoms with Gasteiger partial charge in [-0.15, -0.1) is 6.58 Å². The molecule has 3 heterocycles. The topological polar surface area (TPSA) is 193 Å². The molecule has 2 aliphatic heterocycles. The summed E-state index contributed by atoms with van der Waals surface area (Å²) in [5.41, 5.74) is -1.33. The lowest BCUT2D eigenvalue weighted by atomic mass is 9.96. The summed E-state index contributed by atoms with van der Waals surface area (Å²) >= 11 is 0. The van der Waals surface area contributed by atoms with E-state index in [0.717, 1.165) is 38.5 Å². The Balaban J connectivity index is 1.06. The number of ether oxygens (including phenoxy) is 2. The quantitative estimate of drug-likeness (QED) is 0.306. The van der Waals surface area contributed by atoms with E-state index in [-0.39, 0.29) is 42.0 Å². The summed E-state index contributed by atoms with van der Waals surface area (Å²) in [4.78, 5) is 74.9. The van der Waals surface area contributed by atoms with Crippen LogP contribution in [0.3, 0.4) is 0 Å². The Morgan fingerprint density at radius 3 is 2.53 bits per heavy atom. The molecule has 15 heteroatoms. The highest BCUT2D eigenvalue weighted by atomic mass is 32.2. The first-order chi connectivity index (χ1) is 26.4. The minimum atomic E-state index is -3.91. The van der Waals surface area contributed by atoms with Gasteiger partial charge in [-0.3, -0.25) is 23.9 Å². The number of carbonyl (C=O) groups excluding carboxylic acids is 4. The molecule has 2 bridgehead atoms. The number of hydrogen-bond acceptors (Lipinski definition) is 9. The van der Waals surface area contributed by atoms with E-state index in [1.807, 2.05) is 18.2 Å². The van der Waals surface area contributed by atoms with Crippen LogP contribution in [0.5, 0.6) is 5.88 Å². The predicted molar refractivity (Wildman–Crippen MR) is 200 cm³/mol. The molecule has 55 heavy (non-hydrogen) atoms. The van der Waals surface area contributed by atoms with Crippen LogP contribution in [0, 0.1) is 17.3 Å². The zero-order valence-electron chi connectivity index (χ0n) is 30.6. The zero-order valence-corrected chi connectivity index (χ0v) is 31.5. The number of sulfonamides is 1. The first-order valence-electron chi connectivity index (χ1n) is 19.6. The Morgan fingerprint density at radius 2 is 1.80 bits per heavy atom. The number of allylic oxidation sites excluding steroid dienone is 2. The highest BCUT2D eigenvalue weighted by Crippen LogP contribution is 2.82. The second-order valence-corrected chi connectivity index (χ2v) is 18.8. The number of hydrogen-bond donors (Lipinski definition) is 4. The number of carbonyl (C=O) groups is 4. The molecule has 1 unspecified atom stereocenters. The van der Waals surface area contributed by atoms with Crippen molar-refractivity contribution in [2.75, 3.05) is 6.54 Å². The third-order valence-corrected chi connectivity index (χ3v) is 15.1. The molecule has 14 nitrogen and oxygen atoms in total. The third-order valence-electron chi connectivity index (χ3n) is 13.3. The monoisotopic (exact) mass is 773 g/mol. The fourth-order valence-electron chi connectivity index (χ4n) is 9.50. The van der Waals surface area contributed by atoms with E-state index in [9.17, 15) is 32.4 Å². The van der Waals surface area contributed by atoms with Gasteiger partial charge in [0.1, 0.15) is 29.3 Å². The van der Waals surface area contributed by atoms with E-state index in [4.69, 9.17) is 9.47 Å². The molecule has 5 saturated carbocycles. The number of aromatic nitrogens is 1. The van der Waals surface area contributed by atoms with Crippen molar-refractivity contribution in [1.29, 1.82) is 0 Å². The molecule has 1 aromatic carbocycles. The molecule has 7 aliphatic rings. The molecule has 9 rings (SSSR count). The number of nitrogens with zero attached hydrogens (tertiary/aromatic N) is 1. The lowest BCUT2D eigenvalue weighted by Gasteiger charge is -2.32. The van der Waals surface area contributed by atoms with Gasteiger partial charge in [0.25, 0.3) is 5.91 Å². The first kappa shape index (κ1) is 36.0. The van der Waals surface area contributed by atoms with Gasteiger partial charge >= 0.3 is 6.09 Å². The van der Waals surface area contributed by atoms with Crippen LogP contribution < -0.4 is 25.5 Å². The smallest absolute Gasteiger partial charge is 0.408 e. The van der Waals surface area contributed by atoms with Gasteiger partial charge in [0.05, 0.1) is 22.9 Å². The molecule has 6 fully saturated rings. The second kappa shape index (κ2) is 13.0. The van der Waals surface area contributed by atoms with Crippen LogP contribution in [0.2, 0.25) is 0 Å². The average molecular weight is 774 g/mol. The number of rotatable bonds is 7. The Labute approximate surface area is 318 Å². The fraction of sp³-hybridized carbons (Fsp3) is 0.575. The van der Waals surface area contributed by atoms with E-state index in [2.05, 4.69) is 26.9 Å². The maximum atomic E-state index is 14.8. The molecule has 292 valence electrons. The van der Waals surface area contributed by atoms with Gasteiger partial charge in [-0.05, 0) is 82.3 Å². The molecule has 4 amide bonds. The van der Waals surface area contributed by atoms with Gasteiger partial charge in [0.15, 0.2) is 11.3 Å². The van der Waals surface area contributed by atoms with Crippen molar-refractivity contribution in [1.82, 2.24) is 25.2 Å². The van der Waals surface area contributed by atoms with Crippen LogP contribution in [0.25, 0.3) is 10.9 Å². The SMILES string of the molecule is C=CC1C[C@]1(NC(=O)[C@@H]1C[C@@H]2CN1C(=O)[C@H](C1CCCC1)NC(=O)OC13CC1(CC/C=C/Cc1c([nH]c4ccccc4c1=O)O2)C3)C(=O)NS(=O)(=O)C1CC1. The minimum absolute atomic E-state index is 0.00595. The van der Waals surface area contributed by atoms with E-state index in [0.29, 0.717) is 48.6 Å². The predicted octanol–water partition coefficient (Wildman–Crippen LogP) is 3.26. The number of amides is 4. The summed E-state index contributed by atoms with van der Waals surface area (Å²) in [7, 11) is -3.91. The maximum absolute atomic E-state index is 14.8. The van der Waals surface area contributed by atoms with Crippen molar-refractivity contribution in [3.63, 3.8) is 0 Å². The Morgan fingerprint density at radius 1 is 1.04 bits per heavy atom. The number of H-pyrrole nitrogens is 1. The van der Waals surface area contributed by atoms with Gasteiger partial charge in [-0.25, -0.2) is 13.2 Å². The van der Waals surface area contributed by atoms with Gasteiger partial charge in [-0.1, -0.05) is 43.2 Å². The van der Waals surface area contributed by atoms with Crippen LogP contribution in [0.1, 0.15) is 82.6 Å². The summed E-state index contributed by atoms with van der Waals surface area (Å²) < 4.78 is 40.3. The van der Waals surface area contributed by atoms with Crippen molar-refractivity contribution < 1.29 is 37.1 Å². The van der Waals surface area contributed by atoms with Crippen molar-refractivity contribution in [2.24, 2.45) is 17.3 Å². The summed E-state index contributed by atoms with van der Waals surface area (Å²) in [5, 5.41) is 5.61. The normalized spacial score (nSPS) is 35.0. The van der Waals surface area contributed by atoms with E-state index >= 15 is 0 Å². The Kier molecular flexibility index (Phi) is 8.48. The average Bonchev–Trinajstić information content (AvgIpc) is 4.11. The number of alkyl carbamates (subject to hydrolysis) is 1. The number of pyridine rings is 1. The minimum Gasteiger partial charge on any atom is -0.473 e. The Bertz CT molecular complexity index is 2180. The largest absolute Gasteiger partial charge is 0.473 e. The molecule has 0 radical (unpaired) electrons. The van der Waals surface area contributed by atoms with Crippen LogP contribution in [0.4, 0.5) is 4.79 Å². The number of para-hydroxylation sites is 1. The first-order valence-corrected chi connectivity index (χ1v) is 21.2. The molecule has 2 aromatic rings. The zero-order chi connectivity index (χ0) is 38.3. The third kappa shape index (κ3) is 6.31. The molecule has 4 N–H and O–H groups in total. The number of aromatic amines is 1. The van der Waals surface area contributed by atoms with Crippen LogP contribution >= 0.6 is 0 Å². The maximum Gasteiger partial charge on any atom is 0.408 e. The van der Waals surface area contributed by atoms with E-state index in [1.165, 1.54) is 11.0 Å². The highest BCUT2D eigenvalue weighted by Gasteiger charge is 2.86. The number of benzene rings is 1. The van der Waals surface area contributed by atoms with Gasteiger partial charge in [0, 0.05) is 23.1 Å². The standard InChI is InChI=1S/C40H47N5O9S/c1-2-24-19-40(24,36(49)44-55(51,52)26-15-16-26)43-33(47)30-18-25-20-45(30)35(48)31(23-10-5-6-11-23)42-37(50)54-39-21-38(39,22-39)17-9-3-4-13-28-32(46)27-12-7-8-14-29(27)41-34(28)53-25/h2-4,7-8,12,14,23-26,30-31H,1,5-6,9-11,13,15-22H2,(H,41,46)(H,42,50)(H,43,47)(H,44,49)/b4-3+/t24?,25-,30+,31+,38?,39?,40-/m1/s1. The summed E-state index contributed by atoms with van der Waals surface area (Å²) in [5.74, 6) is -2.41. The van der Waals surface area contributed by atoms with Crippen LogP contribution in [-0.2, 0) is 35.6 Å². The molecule has 5 aliphatic carbocycles. The van der Waals surface area contributed by atoms with E-state index in [1.54, 1.807) is 18.2 Å².